The molecule has 0 spiro atoms. The number of ether oxygens (including phenoxy) is 1. The van der Waals surface area contributed by atoms with E-state index in [0.717, 1.165) is 22.3 Å². The monoisotopic (exact) mass is 472 g/mol. The molecule has 0 saturated carbocycles. The third-order valence-corrected chi connectivity index (χ3v) is 6.47. The number of aliphatic carboxylic acids is 1. The Balaban J connectivity index is 1.34. The molecule has 3 N–H and O–H groups in total. The smallest absolute Gasteiger partial charge is 0.407 e. The Bertz CT molecular complexity index is 1210. The van der Waals surface area contributed by atoms with Crippen LogP contribution < -0.4 is 10.6 Å². The van der Waals surface area contributed by atoms with Crippen LogP contribution in [0, 0.1) is 5.92 Å². The molecule has 7 heteroatoms. The van der Waals surface area contributed by atoms with Gasteiger partial charge in [0.15, 0.2) is 0 Å². The molecule has 3 aromatic rings. The third-order valence-electron chi connectivity index (χ3n) is 6.47. The number of carbonyl (C=O) groups excluding carboxylic acids is 2. The molecule has 0 radical (unpaired) electrons. The summed E-state index contributed by atoms with van der Waals surface area (Å²) in [7, 11) is 0. The van der Waals surface area contributed by atoms with Crippen molar-refractivity contribution in [2.24, 2.45) is 5.92 Å². The van der Waals surface area contributed by atoms with Crippen molar-refractivity contribution >= 4 is 23.7 Å². The van der Waals surface area contributed by atoms with Gasteiger partial charge in [-0.15, -0.1) is 0 Å². The van der Waals surface area contributed by atoms with Crippen molar-refractivity contribution in [2.75, 3.05) is 11.9 Å². The van der Waals surface area contributed by atoms with Crippen LogP contribution in [0.4, 0.5) is 10.5 Å². The van der Waals surface area contributed by atoms with E-state index in [9.17, 15) is 14.4 Å². The second-order valence-corrected chi connectivity index (χ2v) is 8.76. The molecule has 0 saturated heterocycles. The van der Waals surface area contributed by atoms with Crippen molar-refractivity contribution < 1.29 is 24.2 Å². The fourth-order valence-corrected chi connectivity index (χ4v) is 4.38. The van der Waals surface area contributed by atoms with Crippen LogP contribution in [0.25, 0.3) is 11.1 Å². The first-order valence-corrected chi connectivity index (χ1v) is 11.6. The van der Waals surface area contributed by atoms with Crippen LogP contribution in [0.5, 0.6) is 0 Å². The number of benzene rings is 3. The highest BCUT2D eigenvalue weighted by molar-refractivity contribution is 5.94. The lowest BCUT2D eigenvalue weighted by molar-refractivity contribution is -0.136. The number of carboxylic acids is 1. The maximum atomic E-state index is 12.8. The summed E-state index contributed by atoms with van der Waals surface area (Å²) in [4.78, 5) is 36.4. The number of carboxylic acid groups (broad SMARTS) is 1. The Labute approximate surface area is 204 Å². The number of hydrogen-bond acceptors (Lipinski definition) is 4. The lowest BCUT2D eigenvalue weighted by Gasteiger charge is -2.22. The highest BCUT2D eigenvalue weighted by Crippen LogP contribution is 2.44. The number of rotatable bonds is 8. The van der Waals surface area contributed by atoms with Gasteiger partial charge in [0.25, 0.3) is 0 Å². The van der Waals surface area contributed by atoms with E-state index in [-0.39, 0.29) is 24.9 Å². The standard InChI is InChI=1S/C28H28N2O5/c1-17(27(33)30-25-14-8-3-9-19(25)15-26(31)32)18(2)29-28(34)35-16-24-22-12-6-4-10-20(22)21-11-5-7-13-23(21)24/h3-14,17-18,24H,15-16H2,1-2H3,(H,29,34)(H,30,33)(H,31,32). The molecule has 4 rings (SSSR count). The molecule has 35 heavy (non-hydrogen) atoms. The summed E-state index contributed by atoms with van der Waals surface area (Å²) in [6.45, 7) is 3.62. The number of alkyl carbamates (subject to hydrolysis) is 1. The van der Waals surface area contributed by atoms with Crippen molar-refractivity contribution in [3.05, 3.63) is 89.5 Å². The SMILES string of the molecule is CC(NC(=O)OCC1c2ccccc2-c2ccccc21)C(C)C(=O)Nc1ccccc1CC(=O)O. The summed E-state index contributed by atoms with van der Waals surface area (Å²) >= 11 is 0. The minimum absolute atomic E-state index is 0.0464. The van der Waals surface area contributed by atoms with Crippen molar-refractivity contribution in [3.63, 3.8) is 0 Å². The quantitative estimate of drug-likeness (QED) is 0.436. The lowest BCUT2D eigenvalue weighted by atomic mass is 9.98. The fraction of sp³-hybridized carbons (Fsp3) is 0.250. The van der Waals surface area contributed by atoms with Gasteiger partial charge in [-0.2, -0.15) is 0 Å². The highest BCUT2D eigenvalue weighted by Gasteiger charge is 2.29. The van der Waals surface area contributed by atoms with Crippen LogP contribution in [0.1, 0.15) is 36.5 Å². The van der Waals surface area contributed by atoms with Crippen molar-refractivity contribution in [3.8, 4) is 11.1 Å². The summed E-state index contributed by atoms with van der Waals surface area (Å²) in [5, 5.41) is 14.6. The lowest BCUT2D eigenvalue weighted by Crippen LogP contribution is -2.42. The molecule has 2 atom stereocenters. The van der Waals surface area contributed by atoms with Crippen LogP contribution >= 0.6 is 0 Å². The Morgan fingerprint density at radius 2 is 1.46 bits per heavy atom. The van der Waals surface area contributed by atoms with E-state index >= 15 is 0 Å². The predicted octanol–water partition coefficient (Wildman–Crippen LogP) is 4.82. The van der Waals surface area contributed by atoms with E-state index in [1.165, 1.54) is 0 Å². The molecule has 2 amide bonds. The average Bonchev–Trinajstić information content (AvgIpc) is 3.17. The molecule has 3 aromatic carbocycles. The topological polar surface area (TPSA) is 105 Å². The molecule has 0 aliphatic heterocycles. The molecule has 0 bridgehead atoms. The van der Waals surface area contributed by atoms with Crippen LogP contribution in [0.15, 0.2) is 72.8 Å². The average molecular weight is 473 g/mol. The van der Waals surface area contributed by atoms with Gasteiger partial charge in [-0.25, -0.2) is 4.79 Å². The number of nitrogens with one attached hydrogen (secondary N) is 2. The van der Waals surface area contributed by atoms with Crippen molar-refractivity contribution in [1.82, 2.24) is 5.32 Å². The zero-order chi connectivity index (χ0) is 24.9. The Kier molecular flexibility index (Phi) is 7.15. The zero-order valence-electron chi connectivity index (χ0n) is 19.7. The van der Waals surface area contributed by atoms with Crippen LogP contribution in [-0.4, -0.2) is 35.7 Å². The first kappa shape index (κ1) is 24.0. The summed E-state index contributed by atoms with van der Waals surface area (Å²) in [5.41, 5.74) is 5.51. The van der Waals surface area contributed by atoms with Crippen LogP contribution in [-0.2, 0) is 20.7 Å². The first-order chi connectivity index (χ1) is 16.8. The van der Waals surface area contributed by atoms with E-state index < -0.39 is 24.0 Å². The molecular weight excluding hydrogens is 444 g/mol. The number of hydrogen-bond donors (Lipinski definition) is 3. The highest BCUT2D eigenvalue weighted by atomic mass is 16.5. The van der Waals surface area contributed by atoms with Gasteiger partial charge in [0.05, 0.1) is 12.3 Å². The molecule has 2 unspecified atom stereocenters. The van der Waals surface area contributed by atoms with Crippen LogP contribution in [0.2, 0.25) is 0 Å². The van der Waals surface area contributed by atoms with E-state index in [4.69, 9.17) is 9.84 Å². The van der Waals surface area contributed by atoms with Gasteiger partial charge >= 0.3 is 12.1 Å². The van der Waals surface area contributed by atoms with Gasteiger partial charge in [-0.3, -0.25) is 9.59 Å². The number of anilines is 1. The number of amides is 2. The van der Waals surface area contributed by atoms with Gasteiger partial charge in [-0.05, 0) is 40.8 Å². The van der Waals surface area contributed by atoms with E-state index in [1.807, 2.05) is 24.3 Å². The van der Waals surface area contributed by atoms with Gasteiger partial charge in [-0.1, -0.05) is 73.7 Å². The minimum atomic E-state index is -0.981. The Morgan fingerprint density at radius 1 is 0.886 bits per heavy atom. The van der Waals surface area contributed by atoms with Gasteiger partial charge in [0.2, 0.25) is 5.91 Å². The first-order valence-electron chi connectivity index (χ1n) is 11.6. The molecule has 0 aromatic heterocycles. The van der Waals surface area contributed by atoms with E-state index in [2.05, 4.69) is 34.9 Å². The molecule has 1 aliphatic carbocycles. The number of carbonyl (C=O) groups is 3. The number of fused-ring (bicyclic) bond motifs is 3. The summed E-state index contributed by atoms with van der Waals surface area (Å²) in [6, 6.07) is 22.5. The summed E-state index contributed by atoms with van der Waals surface area (Å²) in [5.74, 6) is -1.93. The summed E-state index contributed by atoms with van der Waals surface area (Å²) in [6.07, 6.45) is -0.788. The second kappa shape index (κ2) is 10.4. The minimum Gasteiger partial charge on any atom is -0.481 e. The van der Waals surface area contributed by atoms with Crippen molar-refractivity contribution in [2.45, 2.75) is 32.2 Å². The summed E-state index contributed by atoms with van der Waals surface area (Å²) < 4.78 is 5.57. The molecule has 7 nitrogen and oxygen atoms in total. The largest absolute Gasteiger partial charge is 0.481 e. The zero-order valence-corrected chi connectivity index (χ0v) is 19.7. The number of para-hydroxylation sites is 1. The third kappa shape index (κ3) is 5.35. The molecule has 1 aliphatic rings. The Hall–Kier alpha value is -4.13. The normalized spacial score (nSPS) is 13.8. The van der Waals surface area contributed by atoms with Crippen molar-refractivity contribution in [1.29, 1.82) is 0 Å². The molecule has 180 valence electrons. The second-order valence-electron chi connectivity index (χ2n) is 8.76. The van der Waals surface area contributed by atoms with Gasteiger partial charge < -0.3 is 20.5 Å². The van der Waals surface area contributed by atoms with E-state index in [1.54, 1.807) is 38.1 Å². The molecule has 0 heterocycles. The molecule has 0 fully saturated rings. The predicted molar refractivity (Wildman–Crippen MR) is 133 cm³/mol. The molecular formula is C28H28N2O5. The maximum absolute atomic E-state index is 12.8. The fourth-order valence-electron chi connectivity index (χ4n) is 4.38. The van der Waals surface area contributed by atoms with Gasteiger partial charge in [0, 0.05) is 17.6 Å². The van der Waals surface area contributed by atoms with Gasteiger partial charge in [0.1, 0.15) is 6.61 Å². The van der Waals surface area contributed by atoms with E-state index in [0.29, 0.717) is 11.3 Å². The van der Waals surface area contributed by atoms with Crippen LogP contribution in [0.3, 0.4) is 0 Å². The maximum Gasteiger partial charge on any atom is 0.407 e. The Morgan fingerprint density at radius 3 is 2.09 bits per heavy atom.